The molecule has 9 nitrogen and oxygen atoms in total. The molecule has 0 unspecified atom stereocenters. The quantitative estimate of drug-likeness (QED) is 0.412. The van der Waals surface area contributed by atoms with E-state index in [9.17, 15) is 37.1 Å². The normalized spacial score (nSPS) is 18.9. The van der Waals surface area contributed by atoms with Gasteiger partial charge in [0.1, 0.15) is 17.6 Å². The smallest absolute Gasteiger partial charge is 0.389 e. The van der Waals surface area contributed by atoms with Crippen LogP contribution < -0.4 is 10.1 Å². The van der Waals surface area contributed by atoms with E-state index in [0.29, 0.717) is 18.8 Å². The predicted molar refractivity (Wildman–Crippen MR) is 132 cm³/mol. The zero-order valence-corrected chi connectivity index (χ0v) is 22.6. The van der Waals surface area contributed by atoms with Gasteiger partial charge in [-0.1, -0.05) is 19.9 Å². The lowest BCUT2D eigenvalue weighted by Crippen LogP contribution is -2.45. The molecule has 0 spiro atoms. The molecule has 0 aliphatic heterocycles. The first kappa shape index (κ1) is 32.8. The fraction of sp³-hybridized carbons (Fsp3) is 0.560. The van der Waals surface area contributed by atoms with Gasteiger partial charge in [-0.15, -0.1) is 0 Å². The highest BCUT2D eigenvalue weighted by atomic mass is 32.1. The number of rotatable bonds is 9. The molecular formula is C25H29F5N4O5S. The standard InChI is InChI=1S/C25H29F5N4O3.O2S/c1-3-20-33-21(22(35)32-14-24(36)9-6-15(2)7-10-24)18(13-31)34(20)17-5-4-16(8-11-25(28,29)30)12-19(17)37-23(26)27;1-3-2/h4-5,12,15,23,36H,3,6-11,14H2,1-2H3,(H,32,35);. The SMILES string of the molecule is CCc1nc(C(=O)NCC2(O)CCC(C)CC2)c(C#N)n1-c1ccc(CCC(F)(F)F)cc1OC(F)F.O=S=O. The molecule has 0 atom stereocenters. The van der Waals surface area contributed by atoms with Crippen molar-refractivity contribution in [3.8, 4) is 17.5 Å². The highest BCUT2D eigenvalue weighted by Gasteiger charge is 2.33. The Bertz CT molecular complexity index is 1250. The summed E-state index contributed by atoms with van der Waals surface area (Å²) in [5, 5.41) is 23.3. The lowest BCUT2D eigenvalue weighted by Gasteiger charge is -2.34. The number of hydrogen-bond acceptors (Lipinski definition) is 7. The van der Waals surface area contributed by atoms with E-state index in [1.165, 1.54) is 16.7 Å². The van der Waals surface area contributed by atoms with Gasteiger partial charge in [0.25, 0.3) is 5.91 Å². The van der Waals surface area contributed by atoms with Gasteiger partial charge in [0.05, 0.1) is 11.3 Å². The molecule has 1 aromatic heterocycles. The second kappa shape index (κ2) is 14.3. The molecule has 1 amide bonds. The van der Waals surface area contributed by atoms with Crippen LogP contribution in [0.25, 0.3) is 5.69 Å². The molecule has 1 heterocycles. The number of nitrogens with one attached hydrogen (secondary N) is 1. The van der Waals surface area contributed by atoms with Crippen LogP contribution in [0, 0.1) is 17.2 Å². The van der Waals surface area contributed by atoms with E-state index in [1.54, 1.807) is 6.92 Å². The summed E-state index contributed by atoms with van der Waals surface area (Å²) in [4.78, 5) is 17.2. The van der Waals surface area contributed by atoms with Gasteiger partial charge in [0, 0.05) is 19.4 Å². The maximum absolute atomic E-state index is 13.2. The van der Waals surface area contributed by atoms with Gasteiger partial charge in [-0.3, -0.25) is 9.36 Å². The number of aliphatic hydroxyl groups is 1. The monoisotopic (exact) mass is 592 g/mol. The number of aromatic nitrogens is 2. The molecule has 1 saturated carbocycles. The summed E-state index contributed by atoms with van der Waals surface area (Å²) in [6.07, 6.45) is -3.16. The van der Waals surface area contributed by atoms with Crippen molar-refractivity contribution in [2.45, 2.75) is 77.2 Å². The molecule has 0 bridgehead atoms. The molecular weight excluding hydrogens is 563 g/mol. The highest BCUT2D eigenvalue weighted by Crippen LogP contribution is 2.33. The van der Waals surface area contributed by atoms with E-state index in [2.05, 4.69) is 22.0 Å². The van der Waals surface area contributed by atoms with Gasteiger partial charge in [-0.2, -0.15) is 35.6 Å². The molecule has 40 heavy (non-hydrogen) atoms. The van der Waals surface area contributed by atoms with Crippen LogP contribution in [0.2, 0.25) is 0 Å². The first-order chi connectivity index (χ1) is 18.8. The Morgan fingerprint density at radius 2 is 1.95 bits per heavy atom. The Kier molecular flexibility index (Phi) is 11.7. The van der Waals surface area contributed by atoms with E-state index in [0.717, 1.165) is 18.9 Å². The molecule has 1 aromatic carbocycles. The number of halogens is 5. The molecule has 1 aliphatic rings. The van der Waals surface area contributed by atoms with Crippen molar-refractivity contribution in [3.05, 3.63) is 41.0 Å². The minimum atomic E-state index is -4.43. The second-order valence-corrected chi connectivity index (χ2v) is 9.62. The fourth-order valence-corrected chi connectivity index (χ4v) is 4.40. The number of aryl methyl sites for hydroxylation is 2. The summed E-state index contributed by atoms with van der Waals surface area (Å²) in [5.41, 5.74) is -1.52. The topological polar surface area (TPSA) is 134 Å². The molecule has 0 radical (unpaired) electrons. The van der Waals surface area contributed by atoms with E-state index in [1.807, 2.05) is 6.07 Å². The van der Waals surface area contributed by atoms with Crippen molar-refractivity contribution in [2.24, 2.45) is 5.92 Å². The lowest BCUT2D eigenvalue weighted by atomic mass is 9.79. The third-order valence-electron chi connectivity index (χ3n) is 6.55. The molecule has 2 aromatic rings. The van der Waals surface area contributed by atoms with Gasteiger partial charge in [0.15, 0.2) is 11.4 Å². The molecule has 15 heteroatoms. The number of amides is 1. The summed E-state index contributed by atoms with van der Waals surface area (Å²) in [7, 11) is 0. The summed E-state index contributed by atoms with van der Waals surface area (Å²) in [6.45, 7) is 0.451. The van der Waals surface area contributed by atoms with Crippen LogP contribution in [-0.2, 0) is 24.4 Å². The van der Waals surface area contributed by atoms with Gasteiger partial charge in [-0.05, 0) is 55.7 Å². The van der Waals surface area contributed by atoms with Crippen molar-refractivity contribution >= 4 is 17.5 Å². The average molecular weight is 593 g/mol. The maximum atomic E-state index is 13.2. The Hall–Kier alpha value is -3.38. The summed E-state index contributed by atoms with van der Waals surface area (Å²) < 4.78 is 86.6. The van der Waals surface area contributed by atoms with Crippen molar-refractivity contribution in [1.29, 1.82) is 5.26 Å². The lowest BCUT2D eigenvalue weighted by molar-refractivity contribution is -0.134. The predicted octanol–water partition coefficient (Wildman–Crippen LogP) is 4.40. The van der Waals surface area contributed by atoms with Crippen LogP contribution in [0.5, 0.6) is 5.75 Å². The van der Waals surface area contributed by atoms with Crippen LogP contribution in [0.3, 0.4) is 0 Å². The van der Waals surface area contributed by atoms with Crippen molar-refractivity contribution in [1.82, 2.24) is 14.9 Å². The molecule has 2 N–H and O–H groups in total. The Morgan fingerprint density at radius 1 is 1.32 bits per heavy atom. The number of alkyl halides is 5. The van der Waals surface area contributed by atoms with E-state index in [4.69, 9.17) is 8.42 Å². The average Bonchev–Trinajstić information content (AvgIpc) is 3.26. The van der Waals surface area contributed by atoms with Crippen molar-refractivity contribution < 1.29 is 45.0 Å². The zero-order chi connectivity index (χ0) is 30.1. The third-order valence-corrected chi connectivity index (χ3v) is 6.55. The number of nitriles is 1. The van der Waals surface area contributed by atoms with Gasteiger partial charge >= 0.3 is 24.4 Å². The number of carbonyl (C=O) groups is 1. The van der Waals surface area contributed by atoms with E-state index >= 15 is 0 Å². The Labute approximate surface area is 230 Å². The van der Waals surface area contributed by atoms with Crippen LogP contribution >= 0.6 is 0 Å². The Balaban J connectivity index is 0.00000178. The molecule has 1 aliphatic carbocycles. The molecule has 3 rings (SSSR count). The van der Waals surface area contributed by atoms with Crippen LogP contribution in [-0.4, -0.2) is 53.9 Å². The van der Waals surface area contributed by atoms with Crippen LogP contribution in [0.15, 0.2) is 18.2 Å². The van der Waals surface area contributed by atoms with Gasteiger partial charge < -0.3 is 15.2 Å². The number of carbonyl (C=O) groups excluding carboxylic acids is 1. The fourth-order valence-electron chi connectivity index (χ4n) is 4.40. The number of nitrogens with zero attached hydrogens (tertiary/aromatic N) is 3. The first-order valence-electron chi connectivity index (χ1n) is 12.4. The summed E-state index contributed by atoms with van der Waals surface area (Å²) in [5.74, 6) is -0.492. The molecule has 220 valence electrons. The zero-order valence-electron chi connectivity index (χ0n) is 21.8. The Morgan fingerprint density at radius 3 is 2.48 bits per heavy atom. The number of hydrogen-bond donors (Lipinski definition) is 2. The maximum Gasteiger partial charge on any atom is 0.389 e. The molecule has 0 saturated heterocycles. The summed E-state index contributed by atoms with van der Waals surface area (Å²) >= 11 is -0.750. The second-order valence-electron chi connectivity index (χ2n) is 9.48. The van der Waals surface area contributed by atoms with Crippen molar-refractivity contribution in [3.63, 3.8) is 0 Å². The number of imidazole rings is 1. The van der Waals surface area contributed by atoms with Crippen molar-refractivity contribution in [2.75, 3.05) is 6.54 Å². The summed E-state index contributed by atoms with van der Waals surface area (Å²) in [6, 6.07) is 5.52. The van der Waals surface area contributed by atoms with E-state index in [-0.39, 0.29) is 41.4 Å². The van der Waals surface area contributed by atoms with Crippen LogP contribution in [0.4, 0.5) is 22.0 Å². The van der Waals surface area contributed by atoms with Gasteiger partial charge in [-0.25, -0.2) is 4.98 Å². The largest absolute Gasteiger partial charge is 0.433 e. The van der Waals surface area contributed by atoms with E-state index < -0.39 is 54.5 Å². The van der Waals surface area contributed by atoms with Crippen LogP contribution in [0.1, 0.15) is 73.5 Å². The highest BCUT2D eigenvalue weighted by molar-refractivity contribution is 7.51. The first-order valence-corrected chi connectivity index (χ1v) is 13.0. The number of ether oxygens (including phenoxy) is 1. The molecule has 1 fully saturated rings. The minimum Gasteiger partial charge on any atom is -0.433 e. The van der Waals surface area contributed by atoms with Gasteiger partial charge in [0.2, 0.25) is 0 Å². The third kappa shape index (κ3) is 9.09. The minimum absolute atomic E-state index is 0.0363. The number of benzene rings is 1.